The zero-order valence-electron chi connectivity index (χ0n) is 16.8. The molecule has 7 nitrogen and oxygen atoms in total. The highest BCUT2D eigenvalue weighted by Gasteiger charge is 2.26. The van der Waals surface area contributed by atoms with Crippen molar-refractivity contribution in [1.29, 1.82) is 0 Å². The SMILES string of the molecule is Cn1ccc(C(=O)N2CCC(c3ccc4cc(-c5ccncc5)cnc4n3)CC2)n1. The van der Waals surface area contributed by atoms with Crippen LogP contribution in [0.4, 0.5) is 0 Å². The molecular formula is C23H22N6O. The van der Waals surface area contributed by atoms with Gasteiger partial charge in [-0.3, -0.25) is 14.5 Å². The number of hydrogen-bond acceptors (Lipinski definition) is 5. The number of hydrogen-bond donors (Lipinski definition) is 0. The van der Waals surface area contributed by atoms with Gasteiger partial charge in [-0.05, 0) is 54.8 Å². The van der Waals surface area contributed by atoms with E-state index in [1.54, 1.807) is 29.3 Å². The van der Waals surface area contributed by atoms with Crippen molar-refractivity contribution < 1.29 is 4.79 Å². The van der Waals surface area contributed by atoms with Gasteiger partial charge in [0.25, 0.3) is 5.91 Å². The molecule has 0 bridgehead atoms. The summed E-state index contributed by atoms with van der Waals surface area (Å²) in [6.45, 7) is 1.43. The van der Waals surface area contributed by atoms with Crippen molar-refractivity contribution in [1.82, 2.24) is 29.6 Å². The van der Waals surface area contributed by atoms with Crippen LogP contribution < -0.4 is 0 Å². The van der Waals surface area contributed by atoms with Crippen LogP contribution in [-0.2, 0) is 7.05 Å². The molecule has 0 unspecified atom stereocenters. The fourth-order valence-electron chi connectivity index (χ4n) is 4.02. The number of fused-ring (bicyclic) bond motifs is 1. The number of aryl methyl sites for hydroxylation is 1. The number of amides is 1. The molecule has 1 aliphatic heterocycles. The Bertz CT molecular complexity index is 1190. The van der Waals surface area contributed by atoms with Crippen LogP contribution in [-0.4, -0.2) is 48.6 Å². The van der Waals surface area contributed by atoms with Gasteiger partial charge in [0.1, 0.15) is 5.69 Å². The van der Waals surface area contributed by atoms with E-state index in [0.29, 0.717) is 24.7 Å². The lowest BCUT2D eigenvalue weighted by Gasteiger charge is -2.31. The first-order valence-corrected chi connectivity index (χ1v) is 10.1. The van der Waals surface area contributed by atoms with Crippen LogP contribution >= 0.6 is 0 Å². The number of likely N-dealkylation sites (tertiary alicyclic amines) is 1. The van der Waals surface area contributed by atoms with Crippen molar-refractivity contribution in [2.45, 2.75) is 18.8 Å². The van der Waals surface area contributed by atoms with Gasteiger partial charge in [-0.1, -0.05) is 0 Å². The summed E-state index contributed by atoms with van der Waals surface area (Å²) in [5.41, 5.74) is 4.47. The van der Waals surface area contributed by atoms with Crippen LogP contribution in [0.5, 0.6) is 0 Å². The molecule has 0 atom stereocenters. The molecule has 1 aliphatic rings. The number of piperidine rings is 1. The minimum absolute atomic E-state index is 0.00540. The average Bonchev–Trinajstić information content (AvgIpc) is 3.25. The van der Waals surface area contributed by atoms with Gasteiger partial charge in [-0.15, -0.1) is 0 Å². The topological polar surface area (TPSA) is 76.8 Å². The number of nitrogens with zero attached hydrogens (tertiary/aromatic N) is 6. The van der Waals surface area contributed by atoms with Gasteiger partial charge in [0.2, 0.25) is 0 Å². The lowest BCUT2D eigenvalue weighted by Crippen LogP contribution is -2.38. The second-order valence-electron chi connectivity index (χ2n) is 7.68. The van der Waals surface area contributed by atoms with E-state index in [4.69, 9.17) is 4.98 Å². The van der Waals surface area contributed by atoms with Crippen LogP contribution in [0, 0.1) is 0 Å². The average molecular weight is 398 g/mol. The van der Waals surface area contributed by atoms with E-state index in [0.717, 1.165) is 40.7 Å². The van der Waals surface area contributed by atoms with Crippen molar-refractivity contribution in [3.63, 3.8) is 0 Å². The highest BCUT2D eigenvalue weighted by molar-refractivity contribution is 5.92. The summed E-state index contributed by atoms with van der Waals surface area (Å²) in [5, 5.41) is 5.25. The first kappa shape index (κ1) is 18.4. The van der Waals surface area contributed by atoms with Crippen molar-refractivity contribution in [3.8, 4) is 11.1 Å². The molecule has 1 saturated heterocycles. The summed E-state index contributed by atoms with van der Waals surface area (Å²) in [6.07, 6.45) is 9.02. The molecule has 0 saturated carbocycles. The van der Waals surface area contributed by atoms with Gasteiger partial charge in [0, 0.05) is 67.5 Å². The van der Waals surface area contributed by atoms with E-state index in [1.165, 1.54) is 0 Å². The third-order valence-electron chi connectivity index (χ3n) is 5.71. The summed E-state index contributed by atoms with van der Waals surface area (Å²) in [7, 11) is 1.82. The van der Waals surface area contributed by atoms with E-state index in [2.05, 4.69) is 33.3 Å². The number of carbonyl (C=O) groups is 1. The fraction of sp³-hybridized carbons (Fsp3) is 0.261. The van der Waals surface area contributed by atoms with Crippen LogP contribution in [0.25, 0.3) is 22.2 Å². The predicted octanol–water partition coefficient (Wildman–Crippen LogP) is 3.45. The van der Waals surface area contributed by atoms with Gasteiger partial charge < -0.3 is 4.90 Å². The molecular weight excluding hydrogens is 376 g/mol. The lowest BCUT2D eigenvalue weighted by molar-refractivity contribution is 0.0705. The zero-order valence-corrected chi connectivity index (χ0v) is 16.8. The highest BCUT2D eigenvalue weighted by atomic mass is 16.2. The van der Waals surface area contributed by atoms with E-state index in [9.17, 15) is 4.79 Å². The molecule has 0 spiro atoms. The minimum Gasteiger partial charge on any atom is -0.337 e. The third-order valence-corrected chi connectivity index (χ3v) is 5.71. The molecule has 4 aromatic rings. The summed E-state index contributed by atoms with van der Waals surface area (Å²) >= 11 is 0. The molecule has 4 aromatic heterocycles. The second kappa shape index (κ2) is 7.67. The number of carbonyl (C=O) groups excluding carboxylic acids is 1. The molecule has 7 heteroatoms. The van der Waals surface area contributed by atoms with Crippen molar-refractivity contribution in [2.75, 3.05) is 13.1 Å². The van der Waals surface area contributed by atoms with Crippen molar-refractivity contribution in [2.24, 2.45) is 7.05 Å². The first-order valence-electron chi connectivity index (χ1n) is 10.1. The van der Waals surface area contributed by atoms with Crippen LogP contribution in [0.3, 0.4) is 0 Å². The Labute approximate surface area is 174 Å². The zero-order chi connectivity index (χ0) is 20.5. The van der Waals surface area contributed by atoms with Crippen LogP contribution in [0.1, 0.15) is 34.9 Å². The lowest BCUT2D eigenvalue weighted by atomic mass is 9.92. The Morgan fingerprint density at radius 1 is 1.03 bits per heavy atom. The standard InChI is InChI=1S/C23H22N6O/c1-28-11-8-21(27-28)23(30)29-12-6-17(7-13-29)20-3-2-18-14-19(15-25-22(18)26-20)16-4-9-24-10-5-16/h2-5,8-11,14-15,17H,6-7,12-13H2,1H3. The molecule has 0 N–H and O–H groups in total. The second-order valence-corrected chi connectivity index (χ2v) is 7.68. The number of aromatic nitrogens is 5. The molecule has 0 aliphatic carbocycles. The molecule has 0 aromatic carbocycles. The third kappa shape index (κ3) is 3.54. The molecule has 30 heavy (non-hydrogen) atoms. The summed E-state index contributed by atoms with van der Waals surface area (Å²) in [5.74, 6) is 0.342. The monoisotopic (exact) mass is 398 g/mol. The smallest absolute Gasteiger partial charge is 0.274 e. The van der Waals surface area contributed by atoms with Crippen LogP contribution in [0.15, 0.2) is 61.2 Å². The molecule has 150 valence electrons. The maximum atomic E-state index is 12.6. The molecule has 5 heterocycles. The Hall–Kier alpha value is -3.61. The first-order chi connectivity index (χ1) is 14.7. The van der Waals surface area contributed by atoms with E-state index in [1.807, 2.05) is 30.3 Å². The maximum Gasteiger partial charge on any atom is 0.274 e. The number of pyridine rings is 3. The minimum atomic E-state index is 0.00540. The summed E-state index contributed by atoms with van der Waals surface area (Å²) < 4.78 is 1.66. The maximum absolute atomic E-state index is 12.6. The Morgan fingerprint density at radius 2 is 1.83 bits per heavy atom. The quantitative estimate of drug-likeness (QED) is 0.528. The molecule has 0 radical (unpaired) electrons. The Balaban J connectivity index is 1.30. The van der Waals surface area contributed by atoms with Crippen molar-refractivity contribution >= 4 is 16.9 Å². The Kier molecular flexibility index (Phi) is 4.71. The van der Waals surface area contributed by atoms with Gasteiger partial charge >= 0.3 is 0 Å². The van der Waals surface area contributed by atoms with Gasteiger partial charge in [0.05, 0.1) is 0 Å². The van der Waals surface area contributed by atoms with Gasteiger partial charge in [-0.25, -0.2) is 9.97 Å². The highest BCUT2D eigenvalue weighted by Crippen LogP contribution is 2.29. The van der Waals surface area contributed by atoms with Crippen molar-refractivity contribution in [3.05, 3.63) is 72.6 Å². The van der Waals surface area contributed by atoms with Gasteiger partial charge in [0.15, 0.2) is 5.65 Å². The fourth-order valence-corrected chi connectivity index (χ4v) is 4.02. The molecule has 5 rings (SSSR count). The van der Waals surface area contributed by atoms with Crippen LogP contribution in [0.2, 0.25) is 0 Å². The predicted molar refractivity (Wildman–Crippen MR) is 114 cm³/mol. The normalized spacial score (nSPS) is 14.9. The molecule has 1 amide bonds. The van der Waals surface area contributed by atoms with E-state index in [-0.39, 0.29) is 5.91 Å². The van der Waals surface area contributed by atoms with E-state index < -0.39 is 0 Å². The van der Waals surface area contributed by atoms with E-state index >= 15 is 0 Å². The number of rotatable bonds is 3. The molecule has 1 fully saturated rings. The largest absolute Gasteiger partial charge is 0.337 e. The summed E-state index contributed by atoms with van der Waals surface area (Å²) in [6, 6.07) is 12.0. The van der Waals surface area contributed by atoms with Gasteiger partial charge in [-0.2, -0.15) is 5.10 Å². The Morgan fingerprint density at radius 3 is 2.57 bits per heavy atom. The summed E-state index contributed by atoms with van der Waals surface area (Å²) in [4.78, 5) is 28.0.